The summed E-state index contributed by atoms with van der Waals surface area (Å²) in [7, 11) is -3.19. The predicted octanol–water partition coefficient (Wildman–Crippen LogP) is 0.440. The molecule has 0 aliphatic heterocycles. The molecule has 0 saturated carbocycles. The Balaban J connectivity index is 3.87. The maximum Gasteiger partial charge on any atom is 0.215 e. The first-order valence-corrected chi connectivity index (χ1v) is 4.33. The van der Waals surface area contributed by atoms with E-state index in [0.717, 1.165) is 0 Å². The van der Waals surface area contributed by atoms with Gasteiger partial charge < -0.3 is 0 Å². The number of sulfonamides is 1. The van der Waals surface area contributed by atoms with Crippen LogP contribution >= 0.6 is 0 Å². The van der Waals surface area contributed by atoms with Crippen molar-refractivity contribution < 1.29 is 8.42 Å². The molecule has 0 spiro atoms. The Kier molecular flexibility index (Phi) is 3.99. The Bertz CT molecular complexity index is 206. The number of rotatable bonds is 5. The molecular weight excluding hydrogens is 150 g/mol. The SMILES string of the molecule is C=C[CH]NS(=O)(=O)CC=C. The molecule has 0 unspecified atom stereocenters. The number of hydrogen-bond acceptors (Lipinski definition) is 2. The van der Waals surface area contributed by atoms with E-state index >= 15 is 0 Å². The van der Waals surface area contributed by atoms with Gasteiger partial charge in [0.15, 0.2) is 0 Å². The second-order valence-corrected chi connectivity index (χ2v) is 3.39. The maximum atomic E-state index is 10.7. The highest BCUT2D eigenvalue weighted by molar-refractivity contribution is 7.89. The monoisotopic (exact) mass is 160 g/mol. The molecule has 0 aromatic rings. The minimum Gasteiger partial charge on any atom is -0.212 e. The van der Waals surface area contributed by atoms with Crippen LogP contribution in [0.15, 0.2) is 25.3 Å². The molecule has 0 saturated heterocycles. The smallest absolute Gasteiger partial charge is 0.212 e. The molecule has 1 radical (unpaired) electrons. The fourth-order valence-corrected chi connectivity index (χ4v) is 1.07. The molecule has 0 amide bonds. The standard InChI is InChI=1S/C6H10NO2S/c1-3-5-7-10(8,9)6-4-2/h3-5,7H,1-2,6H2. The van der Waals surface area contributed by atoms with Gasteiger partial charge in [-0.15, -0.1) is 13.2 Å². The van der Waals surface area contributed by atoms with Crippen LogP contribution in [0.25, 0.3) is 0 Å². The highest BCUT2D eigenvalue weighted by Gasteiger charge is 2.03. The van der Waals surface area contributed by atoms with Gasteiger partial charge in [-0.3, -0.25) is 0 Å². The second kappa shape index (κ2) is 4.24. The van der Waals surface area contributed by atoms with E-state index in [-0.39, 0.29) is 5.75 Å². The zero-order valence-corrected chi connectivity index (χ0v) is 6.39. The van der Waals surface area contributed by atoms with Gasteiger partial charge in [0.25, 0.3) is 0 Å². The van der Waals surface area contributed by atoms with Crippen LogP contribution in [0.1, 0.15) is 0 Å². The average Bonchev–Trinajstić information content (AvgIpc) is 1.84. The lowest BCUT2D eigenvalue weighted by molar-refractivity contribution is 0.592. The molecule has 0 atom stereocenters. The van der Waals surface area contributed by atoms with Crippen LogP contribution in [0.3, 0.4) is 0 Å². The van der Waals surface area contributed by atoms with E-state index in [1.165, 1.54) is 18.7 Å². The van der Waals surface area contributed by atoms with Crippen LogP contribution in [-0.4, -0.2) is 14.2 Å². The molecule has 10 heavy (non-hydrogen) atoms. The van der Waals surface area contributed by atoms with Gasteiger partial charge in [0.05, 0.1) is 12.3 Å². The molecular formula is C6H10NO2S. The molecule has 57 valence electrons. The fraction of sp³-hybridized carbons (Fsp3) is 0.167. The molecule has 0 fully saturated rings. The quantitative estimate of drug-likeness (QED) is 0.593. The fourth-order valence-electron chi connectivity index (χ4n) is 0.355. The topological polar surface area (TPSA) is 46.2 Å². The molecule has 0 aliphatic rings. The summed E-state index contributed by atoms with van der Waals surface area (Å²) in [5.74, 6) is -0.0721. The Hall–Kier alpha value is -0.610. The summed E-state index contributed by atoms with van der Waals surface area (Å²) in [6.07, 6.45) is 2.68. The van der Waals surface area contributed by atoms with Crippen LogP contribution in [0.2, 0.25) is 0 Å². The zero-order chi connectivity index (χ0) is 8.04. The van der Waals surface area contributed by atoms with Crippen molar-refractivity contribution in [3.8, 4) is 0 Å². The summed E-state index contributed by atoms with van der Waals surface area (Å²) in [4.78, 5) is 0. The molecule has 3 nitrogen and oxygen atoms in total. The summed E-state index contributed by atoms with van der Waals surface area (Å²) in [6.45, 7) is 7.87. The Morgan fingerprint density at radius 1 is 1.40 bits per heavy atom. The summed E-state index contributed by atoms with van der Waals surface area (Å²) in [5, 5.41) is 0. The van der Waals surface area contributed by atoms with Gasteiger partial charge in [0, 0.05) is 0 Å². The maximum absolute atomic E-state index is 10.7. The van der Waals surface area contributed by atoms with Crippen molar-refractivity contribution in [2.45, 2.75) is 0 Å². The van der Waals surface area contributed by atoms with E-state index in [0.29, 0.717) is 0 Å². The van der Waals surface area contributed by atoms with E-state index in [1.54, 1.807) is 0 Å². The molecule has 0 rings (SSSR count). The minimum absolute atomic E-state index is 0.0721. The number of hydrogen-bond donors (Lipinski definition) is 1. The molecule has 0 heterocycles. The predicted molar refractivity (Wildman–Crippen MR) is 41.6 cm³/mol. The van der Waals surface area contributed by atoms with Crippen LogP contribution in [0.5, 0.6) is 0 Å². The van der Waals surface area contributed by atoms with Crippen molar-refractivity contribution in [3.63, 3.8) is 0 Å². The average molecular weight is 160 g/mol. The molecule has 0 aromatic heterocycles. The normalized spacial score (nSPS) is 10.8. The van der Waals surface area contributed by atoms with E-state index < -0.39 is 10.0 Å². The highest BCUT2D eigenvalue weighted by atomic mass is 32.2. The van der Waals surface area contributed by atoms with Gasteiger partial charge in [-0.05, 0) is 0 Å². The Labute approximate surface area is 61.5 Å². The van der Waals surface area contributed by atoms with E-state index in [2.05, 4.69) is 17.9 Å². The van der Waals surface area contributed by atoms with Crippen molar-refractivity contribution in [2.24, 2.45) is 0 Å². The summed E-state index contributed by atoms with van der Waals surface area (Å²) in [6, 6.07) is 0. The van der Waals surface area contributed by atoms with Crippen molar-refractivity contribution in [3.05, 3.63) is 31.9 Å². The summed E-state index contributed by atoms with van der Waals surface area (Å²) in [5.41, 5.74) is 0. The summed E-state index contributed by atoms with van der Waals surface area (Å²) >= 11 is 0. The van der Waals surface area contributed by atoms with E-state index in [4.69, 9.17) is 0 Å². The highest BCUT2D eigenvalue weighted by Crippen LogP contribution is 1.85. The van der Waals surface area contributed by atoms with Gasteiger partial charge in [0.1, 0.15) is 0 Å². The van der Waals surface area contributed by atoms with Gasteiger partial charge in [-0.1, -0.05) is 12.2 Å². The molecule has 0 aromatic carbocycles. The van der Waals surface area contributed by atoms with Crippen LogP contribution in [-0.2, 0) is 10.0 Å². The minimum atomic E-state index is -3.19. The van der Waals surface area contributed by atoms with Crippen LogP contribution in [0.4, 0.5) is 0 Å². The van der Waals surface area contributed by atoms with Crippen LogP contribution in [0, 0.1) is 6.54 Å². The van der Waals surface area contributed by atoms with Crippen molar-refractivity contribution >= 4 is 10.0 Å². The van der Waals surface area contributed by atoms with Gasteiger partial charge in [-0.2, -0.15) is 0 Å². The second-order valence-electron chi connectivity index (χ2n) is 1.59. The van der Waals surface area contributed by atoms with E-state index in [1.807, 2.05) is 0 Å². The molecule has 4 heteroatoms. The first kappa shape index (κ1) is 9.39. The lowest BCUT2D eigenvalue weighted by atomic mass is 10.7. The molecule has 1 N–H and O–H groups in total. The Morgan fingerprint density at radius 2 is 2.00 bits per heavy atom. The third kappa shape index (κ3) is 4.29. The Morgan fingerprint density at radius 3 is 2.40 bits per heavy atom. The first-order chi connectivity index (χ1) is 4.62. The summed E-state index contributed by atoms with van der Waals surface area (Å²) < 4.78 is 23.6. The van der Waals surface area contributed by atoms with Gasteiger partial charge >= 0.3 is 0 Å². The third-order valence-corrected chi connectivity index (χ3v) is 1.87. The lowest BCUT2D eigenvalue weighted by Gasteiger charge is -1.98. The number of nitrogens with one attached hydrogen (secondary N) is 1. The zero-order valence-electron chi connectivity index (χ0n) is 5.58. The lowest BCUT2D eigenvalue weighted by Crippen LogP contribution is -2.22. The third-order valence-electron chi connectivity index (χ3n) is 0.703. The van der Waals surface area contributed by atoms with Gasteiger partial charge in [-0.25, -0.2) is 13.1 Å². The first-order valence-electron chi connectivity index (χ1n) is 2.67. The van der Waals surface area contributed by atoms with Crippen LogP contribution < -0.4 is 4.72 Å². The van der Waals surface area contributed by atoms with Crippen molar-refractivity contribution in [1.29, 1.82) is 0 Å². The van der Waals surface area contributed by atoms with Gasteiger partial charge in [0.2, 0.25) is 10.0 Å². The van der Waals surface area contributed by atoms with Crippen molar-refractivity contribution in [1.82, 2.24) is 4.72 Å². The van der Waals surface area contributed by atoms with Crippen molar-refractivity contribution in [2.75, 3.05) is 5.75 Å². The molecule has 0 bridgehead atoms. The largest absolute Gasteiger partial charge is 0.215 e. The van der Waals surface area contributed by atoms with E-state index in [9.17, 15) is 8.42 Å². The molecule has 0 aliphatic carbocycles.